The van der Waals surface area contributed by atoms with Crippen LogP contribution < -0.4 is 5.73 Å². The predicted molar refractivity (Wildman–Crippen MR) is 67.7 cm³/mol. The average molecular weight is 283 g/mol. The highest BCUT2D eigenvalue weighted by Crippen LogP contribution is 2.21. The summed E-state index contributed by atoms with van der Waals surface area (Å²) >= 11 is 0. The van der Waals surface area contributed by atoms with Crippen LogP contribution in [-0.2, 0) is 4.74 Å². The number of aromatic nitrogens is 2. The smallest absolute Gasteiger partial charge is 0.258 e. The zero-order valence-corrected chi connectivity index (χ0v) is 11.1. The predicted octanol–water partition coefficient (Wildman–Crippen LogP) is 2.44. The van der Waals surface area contributed by atoms with Gasteiger partial charge < -0.3 is 15.0 Å². The second kappa shape index (κ2) is 6.06. The number of nitrogens with two attached hydrogens (primary N) is 1. The van der Waals surface area contributed by atoms with Gasteiger partial charge in [0.25, 0.3) is 5.89 Å². The molecule has 2 N–H and O–H groups in total. The molecule has 0 fully saturated rings. The molecule has 0 saturated heterocycles. The fourth-order valence-corrected chi connectivity index (χ4v) is 1.55. The van der Waals surface area contributed by atoms with Gasteiger partial charge in [-0.2, -0.15) is 4.98 Å². The topological polar surface area (TPSA) is 74.2 Å². The molecule has 0 saturated carbocycles. The Morgan fingerprint density at radius 3 is 2.50 bits per heavy atom. The van der Waals surface area contributed by atoms with Crippen LogP contribution in [0.2, 0.25) is 0 Å². The lowest BCUT2D eigenvalue weighted by Crippen LogP contribution is -2.20. The SMILES string of the molecule is CC(C)OCC(N)c1noc(-c2cc(F)cc(F)c2)n1. The van der Waals surface area contributed by atoms with Crippen molar-refractivity contribution in [3.63, 3.8) is 0 Å². The first-order chi connectivity index (χ1) is 9.45. The molecule has 1 unspecified atom stereocenters. The third kappa shape index (κ3) is 3.58. The van der Waals surface area contributed by atoms with Gasteiger partial charge in [0.2, 0.25) is 0 Å². The van der Waals surface area contributed by atoms with E-state index in [0.29, 0.717) is 0 Å². The summed E-state index contributed by atoms with van der Waals surface area (Å²) in [6.07, 6.45) is 0.0322. The van der Waals surface area contributed by atoms with Gasteiger partial charge in [-0.1, -0.05) is 5.16 Å². The van der Waals surface area contributed by atoms with Crippen molar-refractivity contribution in [3.8, 4) is 11.5 Å². The minimum absolute atomic E-state index is 0.0124. The number of nitrogens with zero attached hydrogens (tertiary/aromatic N) is 2. The van der Waals surface area contributed by atoms with Crippen LogP contribution in [0.25, 0.3) is 11.5 Å². The Morgan fingerprint density at radius 1 is 1.25 bits per heavy atom. The lowest BCUT2D eigenvalue weighted by Gasteiger charge is -2.10. The fourth-order valence-electron chi connectivity index (χ4n) is 1.55. The van der Waals surface area contributed by atoms with Crippen molar-refractivity contribution in [3.05, 3.63) is 35.7 Å². The van der Waals surface area contributed by atoms with E-state index in [1.165, 1.54) is 0 Å². The molecule has 1 aromatic carbocycles. The Bertz CT molecular complexity index is 566. The fraction of sp³-hybridized carbons (Fsp3) is 0.385. The highest BCUT2D eigenvalue weighted by molar-refractivity contribution is 5.52. The Hall–Kier alpha value is -1.86. The van der Waals surface area contributed by atoms with Crippen LogP contribution in [0, 0.1) is 11.6 Å². The monoisotopic (exact) mass is 283 g/mol. The lowest BCUT2D eigenvalue weighted by atomic mass is 10.2. The summed E-state index contributed by atoms with van der Waals surface area (Å²) in [4.78, 5) is 4.02. The van der Waals surface area contributed by atoms with Crippen molar-refractivity contribution in [2.45, 2.75) is 26.0 Å². The molecule has 7 heteroatoms. The molecular formula is C13H15F2N3O2. The van der Waals surface area contributed by atoms with Crippen molar-refractivity contribution in [1.82, 2.24) is 10.1 Å². The van der Waals surface area contributed by atoms with E-state index in [-0.39, 0.29) is 30.0 Å². The molecule has 1 aromatic heterocycles. The molecular weight excluding hydrogens is 268 g/mol. The second-order valence-corrected chi connectivity index (χ2v) is 4.60. The number of hydrogen-bond acceptors (Lipinski definition) is 5. The van der Waals surface area contributed by atoms with Gasteiger partial charge in [0.1, 0.15) is 11.6 Å². The minimum atomic E-state index is -0.716. The molecule has 108 valence electrons. The molecule has 0 radical (unpaired) electrons. The highest BCUT2D eigenvalue weighted by atomic mass is 19.1. The quantitative estimate of drug-likeness (QED) is 0.912. The van der Waals surface area contributed by atoms with E-state index in [9.17, 15) is 8.78 Å². The van der Waals surface area contributed by atoms with Crippen molar-refractivity contribution in [2.75, 3.05) is 6.61 Å². The summed E-state index contributed by atoms with van der Waals surface area (Å²) in [5.74, 6) is -1.19. The number of hydrogen-bond donors (Lipinski definition) is 1. The molecule has 2 aromatic rings. The van der Waals surface area contributed by atoms with Crippen molar-refractivity contribution in [2.24, 2.45) is 5.73 Å². The van der Waals surface area contributed by atoms with Crippen LogP contribution >= 0.6 is 0 Å². The first-order valence-corrected chi connectivity index (χ1v) is 6.13. The molecule has 1 atom stereocenters. The zero-order chi connectivity index (χ0) is 14.7. The third-order valence-corrected chi connectivity index (χ3v) is 2.49. The maximum absolute atomic E-state index is 13.1. The maximum atomic E-state index is 13.1. The lowest BCUT2D eigenvalue weighted by molar-refractivity contribution is 0.0665. The van der Waals surface area contributed by atoms with E-state index < -0.39 is 17.7 Å². The van der Waals surface area contributed by atoms with Gasteiger partial charge >= 0.3 is 0 Å². The number of rotatable bonds is 5. The van der Waals surface area contributed by atoms with Crippen molar-refractivity contribution in [1.29, 1.82) is 0 Å². The Kier molecular flexibility index (Phi) is 4.41. The van der Waals surface area contributed by atoms with E-state index >= 15 is 0 Å². The summed E-state index contributed by atoms with van der Waals surface area (Å²) in [6.45, 7) is 3.99. The largest absolute Gasteiger partial charge is 0.377 e. The number of halogens is 2. The summed E-state index contributed by atoms with van der Waals surface area (Å²) in [5.41, 5.74) is 6.00. The molecule has 2 rings (SSSR count). The van der Waals surface area contributed by atoms with Gasteiger partial charge in [-0.15, -0.1) is 0 Å². The summed E-state index contributed by atoms with van der Waals surface area (Å²) < 4.78 is 36.5. The van der Waals surface area contributed by atoms with E-state index in [1.54, 1.807) is 0 Å². The first kappa shape index (κ1) is 14.5. The number of ether oxygens (including phenoxy) is 1. The molecule has 0 aliphatic rings. The zero-order valence-electron chi connectivity index (χ0n) is 11.1. The Labute approximate surface area is 114 Å². The van der Waals surface area contributed by atoms with Crippen molar-refractivity contribution >= 4 is 0 Å². The maximum Gasteiger partial charge on any atom is 0.258 e. The van der Waals surface area contributed by atoms with Crippen LogP contribution in [0.3, 0.4) is 0 Å². The molecule has 0 bridgehead atoms. The Morgan fingerprint density at radius 2 is 1.90 bits per heavy atom. The van der Waals surface area contributed by atoms with Crippen LogP contribution in [0.5, 0.6) is 0 Å². The Balaban J connectivity index is 2.15. The van der Waals surface area contributed by atoms with Gasteiger partial charge in [0.15, 0.2) is 5.82 Å². The summed E-state index contributed by atoms with van der Waals surface area (Å²) in [7, 11) is 0. The molecule has 5 nitrogen and oxygen atoms in total. The van der Waals surface area contributed by atoms with Crippen LogP contribution in [0.15, 0.2) is 22.7 Å². The van der Waals surface area contributed by atoms with E-state index in [0.717, 1.165) is 18.2 Å². The normalized spacial score (nSPS) is 12.9. The van der Waals surface area contributed by atoms with Gasteiger partial charge in [-0.05, 0) is 26.0 Å². The molecule has 0 amide bonds. The van der Waals surface area contributed by atoms with Gasteiger partial charge in [-0.25, -0.2) is 8.78 Å². The second-order valence-electron chi connectivity index (χ2n) is 4.60. The van der Waals surface area contributed by atoms with E-state index in [1.807, 2.05) is 13.8 Å². The molecule has 0 spiro atoms. The molecule has 20 heavy (non-hydrogen) atoms. The van der Waals surface area contributed by atoms with Crippen LogP contribution in [0.4, 0.5) is 8.78 Å². The summed E-state index contributed by atoms with van der Waals surface area (Å²) in [5, 5.41) is 3.69. The van der Waals surface area contributed by atoms with Crippen molar-refractivity contribution < 1.29 is 18.0 Å². The highest BCUT2D eigenvalue weighted by Gasteiger charge is 2.17. The van der Waals surface area contributed by atoms with Gasteiger partial charge in [0.05, 0.1) is 18.8 Å². The average Bonchev–Trinajstić information content (AvgIpc) is 2.84. The van der Waals surface area contributed by atoms with Crippen LogP contribution in [-0.4, -0.2) is 22.9 Å². The molecule has 0 aliphatic heterocycles. The molecule has 1 heterocycles. The molecule has 0 aliphatic carbocycles. The van der Waals surface area contributed by atoms with Crippen LogP contribution in [0.1, 0.15) is 25.7 Å². The summed E-state index contributed by atoms with van der Waals surface area (Å²) in [6, 6.07) is 2.42. The first-order valence-electron chi connectivity index (χ1n) is 6.13. The number of benzene rings is 1. The third-order valence-electron chi connectivity index (χ3n) is 2.49. The van der Waals surface area contributed by atoms with Gasteiger partial charge in [-0.3, -0.25) is 0 Å². The van der Waals surface area contributed by atoms with E-state index in [2.05, 4.69) is 10.1 Å². The minimum Gasteiger partial charge on any atom is -0.377 e. The standard InChI is InChI=1S/C13H15F2N3O2/c1-7(2)19-6-11(16)12-17-13(20-18-12)8-3-9(14)5-10(15)4-8/h3-5,7,11H,6,16H2,1-2H3. The van der Waals surface area contributed by atoms with E-state index in [4.69, 9.17) is 15.0 Å². The van der Waals surface area contributed by atoms with Gasteiger partial charge in [0, 0.05) is 11.6 Å².